The molecule has 0 amide bonds. The summed E-state index contributed by atoms with van der Waals surface area (Å²) in [5.41, 5.74) is -0.827. The Morgan fingerprint density at radius 1 is 1.21 bits per heavy atom. The molecular formula is C11H25NO2. The molecule has 0 rings (SSSR count). The zero-order valence-electron chi connectivity index (χ0n) is 10.1. The highest BCUT2D eigenvalue weighted by Crippen LogP contribution is 2.24. The van der Waals surface area contributed by atoms with Gasteiger partial charge in [-0.3, -0.25) is 0 Å². The van der Waals surface area contributed by atoms with Gasteiger partial charge >= 0.3 is 0 Å². The van der Waals surface area contributed by atoms with Crippen molar-refractivity contribution in [1.82, 2.24) is 0 Å². The molecule has 1 atom stereocenters. The van der Waals surface area contributed by atoms with Crippen LogP contribution in [0.2, 0.25) is 0 Å². The van der Waals surface area contributed by atoms with Gasteiger partial charge in [-0.25, -0.2) is 0 Å². The summed E-state index contributed by atoms with van der Waals surface area (Å²) in [6, 6.07) is 0. The van der Waals surface area contributed by atoms with E-state index in [0.29, 0.717) is 13.1 Å². The van der Waals surface area contributed by atoms with E-state index in [4.69, 9.17) is 0 Å². The summed E-state index contributed by atoms with van der Waals surface area (Å²) in [4.78, 5) is 0. The molecule has 0 spiro atoms. The minimum atomic E-state index is -0.827. The molecule has 2 N–H and O–H groups in total. The van der Waals surface area contributed by atoms with Crippen LogP contribution in [0, 0.1) is 17.0 Å². The van der Waals surface area contributed by atoms with Gasteiger partial charge in [0.1, 0.15) is 12.1 Å². The lowest BCUT2D eigenvalue weighted by molar-refractivity contribution is -0.857. The summed E-state index contributed by atoms with van der Waals surface area (Å²) in [5, 5.41) is 22.0. The first-order valence-electron chi connectivity index (χ1n) is 5.58. The highest BCUT2D eigenvalue weighted by atomic mass is 16.5. The van der Waals surface area contributed by atoms with Crippen molar-refractivity contribution in [3.63, 3.8) is 0 Å². The third kappa shape index (κ3) is 3.56. The molecule has 0 radical (unpaired) electrons. The van der Waals surface area contributed by atoms with Crippen molar-refractivity contribution in [2.24, 2.45) is 11.8 Å². The molecular weight excluding hydrogens is 178 g/mol. The van der Waals surface area contributed by atoms with Gasteiger partial charge in [0, 0.05) is 0 Å². The second-order valence-corrected chi connectivity index (χ2v) is 4.77. The minimum Gasteiger partial charge on any atom is -0.634 e. The molecule has 0 saturated carbocycles. The number of aliphatic hydroxyl groups is 1. The van der Waals surface area contributed by atoms with Gasteiger partial charge in [-0.05, 0) is 18.3 Å². The Morgan fingerprint density at radius 3 is 1.93 bits per heavy atom. The summed E-state index contributed by atoms with van der Waals surface area (Å²) in [6.45, 7) is 10.8. The van der Waals surface area contributed by atoms with E-state index in [1.165, 1.54) is 0 Å². The first-order chi connectivity index (χ1) is 6.34. The van der Waals surface area contributed by atoms with Gasteiger partial charge in [-0.1, -0.05) is 34.6 Å². The first kappa shape index (κ1) is 13.9. The first-order valence-corrected chi connectivity index (χ1v) is 5.58. The fourth-order valence-corrected chi connectivity index (χ4v) is 1.76. The highest BCUT2D eigenvalue weighted by molar-refractivity contribution is 4.84. The van der Waals surface area contributed by atoms with Gasteiger partial charge < -0.3 is 15.4 Å². The monoisotopic (exact) mass is 203 g/mol. The molecule has 0 fully saturated rings. The molecule has 1 unspecified atom stereocenters. The Hall–Kier alpha value is -0.120. The van der Waals surface area contributed by atoms with Crippen molar-refractivity contribution in [3.05, 3.63) is 5.21 Å². The van der Waals surface area contributed by atoms with E-state index in [0.717, 1.165) is 6.42 Å². The number of hydrogen-bond donors (Lipinski definition) is 2. The lowest BCUT2D eigenvalue weighted by Crippen LogP contribution is -3.09. The zero-order chi connectivity index (χ0) is 11.4. The molecule has 14 heavy (non-hydrogen) atoms. The Bertz CT molecular complexity index is 149. The fourth-order valence-electron chi connectivity index (χ4n) is 1.76. The Labute approximate surface area is 87.7 Å². The molecule has 3 nitrogen and oxygen atoms in total. The van der Waals surface area contributed by atoms with Gasteiger partial charge in [0.15, 0.2) is 0 Å². The Kier molecular flexibility index (Phi) is 5.64. The van der Waals surface area contributed by atoms with Crippen LogP contribution in [0.15, 0.2) is 0 Å². The Balaban J connectivity index is 4.37. The van der Waals surface area contributed by atoms with Gasteiger partial charge in [-0.2, -0.15) is 0 Å². The molecule has 0 aromatic heterocycles. The average Bonchev–Trinajstić information content (AvgIpc) is 2.03. The second-order valence-electron chi connectivity index (χ2n) is 4.77. The van der Waals surface area contributed by atoms with Crippen LogP contribution in [0.4, 0.5) is 0 Å². The SMILES string of the molecule is CCC[NH+]([O-])CC(O)(C(C)C)C(C)C. The standard InChI is InChI=1S/C11H25NO2/c1-6-7-12(14)8-11(13,9(2)3)10(4)5/h9-10,12-13H,6-8H2,1-5H3. The van der Waals surface area contributed by atoms with E-state index >= 15 is 0 Å². The fraction of sp³-hybridized carbons (Fsp3) is 1.00. The third-order valence-corrected chi connectivity index (χ3v) is 3.01. The second kappa shape index (κ2) is 5.69. The average molecular weight is 203 g/mol. The van der Waals surface area contributed by atoms with Crippen molar-refractivity contribution in [2.45, 2.75) is 46.6 Å². The van der Waals surface area contributed by atoms with Crippen LogP contribution in [0.5, 0.6) is 0 Å². The highest BCUT2D eigenvalue weighted by Gasteiger charge is 2.37. The molecule has 3 heteroatoms. The molecule has 0 aromatic rings. The van der Waals surface area contributed by atoms with Gasteiger partial charge in [0.2, 0.25) is 0 Å². The van der Waals surface area contributed by atoms with Crippen LogP contribution in [0.3, 0.4) is 0 Å². The predicted octanol–water partition coefficient (Wildman–Crippen LogP) is 0.822. The smallest absolute Gasteiger partial charge is 0.118 e. The van der Waals surface area contributed by atoms with Crippen LogP contribution in [0.1, 0.15) is 41.0 Å². The topological polar surface area (TPSA) is 47.7 Å². The lowest BCUT2D eigenvalue weighted by atomic mass is 9.80. The van der Waals surface area contributed by atoms with E-state index in [9.17, 15) is 10.3 Å². The normalized spacial score (nSPS) is 15.2. The molecule has 0 aliphatic carbocycles. The lowest BCUT2D eigenvalue weighted by Gasteiger charge is -2.39. The van der Waals surface area contributed by atoms with Crippen molar-refractivity contribution in [1.29, 1.82) is 0 Å². The van der Waals surface area contributed by atoms with E-state index in [1.54, 1.807) is 0 Å². The number of nitrogens with one attached hydrogen (secondary N) is 1. The molecule has 0 saturated heterocycles. The van der Waals surface area contributed by atoms with Crippen molar-refractivity contribution in [2.75, 3.05) is 13.1 Å². The third-order valence-electron chi connectivity index (χ3n) is 3.01. The van der Waals surface area contributed by atoms with Gasteiger partial charge in [-0.15, -0.1) is 0 Å². The zero-order valence-corrected chi connectivity index (χ0v) is 10.1. The van der Waals surface area contributed by atoms with E-state index in [1.807, 2.05) is 34.6 Å². The summed E-state index contributed by atoms with van der Waals surface area (Å²) >= 11 is 0. The maximum absolute atomic E-state index is 11.5. The van der Waals surface area contributed by atoms with Crippen LogP contribution >= 0.6 is 0 Å². The minimum absolute atomic E-state index is 0.128. The summed E-state index contributed by atoms with van der Waals surface area (Å²) in [5.74, 6) is 0.256. The maximum atomic E-state index is 11.5. The van der Waals surface area contributed by atoms with Gasteiger partial charge in [0.25, 0.3) is 0 Å². The van der Waals surface area contributed by atoms with Crippen LogP contribution in [0.25, 0.3) is 0 Å². The largest absolute Gasteiger partial charge is 0.634 e. The van der Waals surface area contributed by atoms with E-state index < -0.39 is 5.60 Å². The van der Waals surface area contributed by atoms with E-state index in [2.05, 4.69) is 0 Å². The van der Waals surface area contributed by atoms with Crippen LogP contribution < -0.4 is 5.06 Å². The maximum Gasteiger partial charge on any atom is 0.118 e. The van der Waals surface area contributed by atoms with Gasteiger partial charge in [0.05, 0.1) is 6.54 Å². The predicted molar refractivity (Wildman–Crippen MR) is 59.0 cm³/mol. The molecule has 86 valence electrons. The summed E-state index contributed by atoms with van der Waals surface area (Å²) in [7, 11) is 0. The van der Waals surface area contributed by atoms with Crippen molar-refractivity contribution in [3.8, 4) is 0 Å². The molecule has 0 aliphatic heterocycles. The summed E-state index contributed by atoms with van der Waals surface area (Å²) in [6.07, 6.45) is 0.866. The number of rotatable bonds is 6. The molecule has 0 aliphatic rings. The molecule has 0 heterocycles. The van der Waals surface area contributed by atoms with Crippen molar-refractivity contribution < 1.29 is 10.2 Å². The molecule has 0 aromatic carbocycles. The van der Waals surface area contributed by atoms with Crippen LogP contribution in [-0.4, -0.2) is 23.8 Å². The number of hydroxylamine groups is 2. The Morgan fingerprint density at radius 2 is 1.64 bits per heavy atom. The van der Waals surface area contributed by atoms with Crippen LogP contribution in [-0.2, 0) is 0 Å². The number of quaternary nitrogens is 1. The quantitative estimate of drug-likeness (QED) is 0.628. The molecule has 0 bridgehead atoms. The van der Waals surface area contributed by atoms with E-state index in [-0.39, 0.29) is 16.9 Å². The number of hydrogen-bond acceptors (Lipinski definition) is 2. The van der Waals surface area contributed by atoms with Crippen molar-refractivity contribution >= 4 is 0 Å². The summed E-state index contributed by atoms with van der Waals surface area (Å²) < 4.78 is 0.